The zero-order chi connectivity index (χ0) is 19.0. The maximum absolute atomic E-state index is 14.4. The molecule has 2 aliphatic rings. The fourth-order valence-corrected chi connectivity index (χ4v) is 5.62. The van der Waals surface area contributed by atoms with Gasteiger partial charge in [-0.2, -0.15) is 0 Å². The molecule has 2 aliphatic heterocycles. The first kappa shape index (κ1) is 24.0. The Hall–Kier alpha value is -1.26. The van der Waals surface area contributed by atoms with Crippen molar-refractivity contribution in [1.82, 2.24) is 4.90 Å². The van der Waals surface area contributed by atoms with Gasteiger partial charge in [0.25, 0.3) is 0 Å². The number of halogens is 3. The summed E-state index contributed by atoms with van der Waals surface area (Å²) >= 11 is 0. The van der Waals surface area contributed by atoms with Crippen molar-refractivity contribution in [3.63, 3.8) is 0 Å². The van der Waals surface area contributed by atoms with E-state index in [1.54, 1.807) is 28.6 Å². The van der Waals surface area contributed by atoms with Crippen LogP contribution >= 0.6 is 35.8 Å². The molecule has 0 spiro atoms. The van der Waals surface area contributed by atoms with Crippen molar-refractivity contribution < 1.29 is 13.5 Å². The first-order valence-corrected chi connectivity index (χ1v) is 10.7. The molecule has 4 rings (SSSR count). The molecule has 10 heteroatoms. The Kier molecular flexibility index (Phi) is 8.03. The lowest BCUT2D eigenvalue weighted by molar-refractivity contribution is 0.157. The fraction of sp³-hybridized carbons (Fsp3) is 0.368. The average Bonchev–Trinajstić information content (AvgIpc) is 2.88. The number of hydrogen-bond donors (Lipinski definition) is 3. The third-order valence-corrected chi connectivity index (χ3v) is 7.09. The Morgan fingerprint density at radius 1 is 0.931 bits per heavy atom. The summed E-state index contributed by atoms with van der Waals surface area (Å²) in [5, 5.41) is 0. The van der Waals surface area contributed by atoms with Gasteiger partial charge >= 0.3 is 0 Å². The lowest BCUT2D eigenvalue weighted by atomic mass is 10.1. The lowest BCUT2D eigenvalue weighted by Gasteiger charge is -2.44. The molecule has 0 saturated carbocycles. The molecule has 0 aliphatic carbocycles. The summed E-state index contributed by atoms with van der Waals surface area (Å²) in [6, 6.07) is 13.4. The SMILES string of the molecule is Cl.Cl.NC1CCCCN1CCN1c2ccccc2N(c2ccccc2F)S1(O)O. The molecule has 0 bridgehead atoms. The van der Waals surface area contributed by atoms with E-state index in [1.165, 1.54) is 10.4 Å². The van der Waals surface area contributed by atoms with E-state index in [0.717, 1.165) is 25.8 Å². The van der Waals surface area contributed by atoms with Gasteiger partial charge in [0.2, 0.25) is 0 Å². The molecular weight excluding hydrogens is 438 g/mol. The van der Waals surface area contributed by atoms with E-state index in [0.29, 0.717) is 24.5 Å². The minimum atomic E-state index is -3.42. The highest BCUT2D eigenvalue weighted by atomic mass is 35.5. The summed E-state index contributed by atoms with van der Waals surface area (Å²) in [6.07, 6.45) is 3.18. The van der Waals surface area contributed by atoms with Gasteiger partial charge in [-0.05, 0) is 61.0 Å². The Balaban J connectivity index is 0.00000150. The Morgan fingerprint density at radius 2 is 1.55 bits per heavy atom. The van der Waals surface area contributed by atoms with Gasteiger partial charge in [0, 0.05) is 6.54 Å². The molecule has 6 nitrogen and oxygen atoms in total. The number of nitrogens with two attached hydrogens (primary N) is 1. The highest BCUT2D eigenvalue weighted by Gasteiger charge is 2.42. The number of hydrogen-bond acceptors (Lipinski definition) is 6. The van der Waals surface area contributed by atoms with Gasteiger partial charge in [-0.1, -0.05) is 24.3 Å². The molecule has 1 fully saturated rings. The van der Waals surface area contributed by atoms with Crippen LogP contribution in [0.5, 0.6) is 0 Å². The summed E-state index contributed by atoms with van der Waals surface area (Å²) in [7, 11) is -3.42. The molecule has 0 radical (unpaired) electrons. The van der Waals surface area contributed by atoms with Gasteiger partial charge in [-0.15, -0.1) is 24.8 Å². The van der Waals surface area contributed by atoms with Crippen molar-refractivity contribution in [3.8, 4) is 0 Å². The van der Waals surface area contributed by atoms with Gasteiger partial charge in [-0.3, -0.25) is 18.3 Å². The predicted molar refractivity (Wildman–Crippen MR) is 123 cm³/mol. The normalized spacial score (nSPS) is 21.7. The van der Waals surface area contributed by atoms with Crippen molar-refractivity contribution in [3.05, 3.63) is 54.3 Å². The number of likely N-dealkylation sites (tertiary alicyclic amines) is 1. The number of para-hydroxylation sites is 3. The predicted octanol–water partition coefficient (Wildman–Crippen LogP) is 4.98. The number of fused-ring (bicyclic) bond motifs is 1. The van der Waals surface area contributed by atoms with Gasteiger partial charge in [0.05, 0.1) is 24.1 Å². The molecule has 29 heavy (non-hydrogen) atoms. The van der Waals surface area contributed by atoms with Crippen LogP contribution in [0.2, 0.25) is 0 Å². The van der Waals surface area contributed by atoms with Gasteiger partial charge in [0.1, 0.15) is 11.5 Å². The molecule has 2 heterocycles. The van der Waals surface area contributed by atoms with E-state index in [9.17, 15) is 13.5 Å². The quantitative estimate of drug-likeness (QED) is 0.592. The molecule has 1 unspecified atom stereocenters. The number of piperidine rings is 1. The second-order valence-electron chi connectivity index (χ2n) is 6.93. The molecule has 2 aromatic rings. The van der Waals surface area contributed by atoms with E-state index >= 15 is 0 Å². The maximum atomic E-state index is 14.4. The van der Waals surface area contributed by atoms with Gasteiger partial charge in [-0.25, -0.2) is 8.70 Å². The number of rotatable bonds is 4. The Labute approximate surface area is 184 Å². The van der Waals surface area contributed by atoms with Gasteiger partial charge < -0.3 is 5.73 Å². The smallest absolute Gasteiger partial charge is 0.148 e. The summed E-state index contributed by atoms with van der Waals surface area (Å²) in [5.41, 5.74) is 7.62. The van der Waals surface area contributed by atoms with Crippen molar-refractivity contribution in [2.75, 3.05) is 28.2 Å². The number of nitrogens with zero attached hydrogens (tertiary/aromatic N) is 3. The number of anilines is 3. The summed E-state index contributed by atoms with van der Waals surface area (Å²) in [6.45, 7) is 1.93. The van der Waals surface area contributed by atoms with Crippen LogP contribution in [0, 0.1) is 5.82 Å². The van der Waals surface area contributed by atoms with Crippen molar-refractivity contribution in [2.45, 2.75) is 25.4 Å². The van der Waals surface area contributed by atoms with Gasteiger partial charge in [0.15, 0.2) is 0 Å². The summed E-state index contributed by atoms with van der Waals surface area (Å²) in [4.78, 5) is 2.17. The standard InChI is InChI=1S/C19H25FN4O2S.2ClH/c20-15-7-1-2-8-16(15)24-18-10-4-3-9-17(18)23(27(24,25)26)14-13-22-12-6-5-11-19(22)21;;/h1-4,7-10,19,25-26H,5-6,11-14,21H2;2*1H. The van der Waals surface area contributed by atoms with Crippen LogP contribution < -0.4 is 14.3 Å². The molecule has 2 aromatic carbocycles. The molecule has 0 aromatic heterocycles. The zero-order valence-electron chi connectivity index (χ0n) is 15.9. The van der Waals surface area contributed by atoms with Crippen LogP contribution in [-0.2, 0) is 0 Å². The minimum Gasteiger partial charge on any atom is -0.316 e. The van der Waals surface area contributed by atoms with E-state index in [1.807, 2.05) is 18.2 Å². The van der Waals surface area contributed by atoms with Crippen molar-refractivity contribution in [2.24, 2.45) is 5.73 Å². The highest BCUT2D eigenvalue weighted by Crippen LogP contribution is 2.64. The molecule has 162 valence electrons. The van der Waals surface area contributed by atoms with E-state index in [2.05, 4.69) is 4.90 Å². The van der Waals surface area contributed by atoms with Crippen LogP contribution in [0.15, 0.2) is 48.5 Å². The van der Waals surface area contributed by atoms with Crippen LogP contribution in [0.25, 0.3) is 0 Å². The fourth-order valence-electron chi connectivity index (χ4n) is 3.84. The van der Waals surface area contributed by atoms with Crippen LogP contribution in [-0.4, -0.2) is 39.8 Å². The minimum absolute atomic E-state index is 0. The molecule has 1 saturated heterocycles. The number of benzene rings is 2. The van der Waals surface area contributed by atoms with Crippen molar-refractivity contribution >= 4 is 52.8 Å². The largest absolute Gasteiger partial charge is 0.316 e. The summed E-state index contributed by atoms with van der Waals surface area (Å²) < 4.78 is 39.5. The Bertz CT molecular complexity index is 832. The zero-order valence-corrected chi connectivity index (χ0v) is 18.3. The highest BCUT2D eigenvalue weighted by molar-refractivity contribution is 8.27. The van der Waals surface area contributed by atoms with E-state index in [4.69, 9.17) is 5.73 Å². The van der Waals surface area contributed by atoms with Crippen LogP contribution in [0.3, 0.4) is 0 Å². The molecule has 4 N–H and O–H groups in total. The maximum Gasteiger partial charge on any atom is 0.148 e. The second-order valence-corrected chi connectivity index (χ2v) is 8.71. The Morgan fingerprint density at radius 3 is 2.21 bits per heavy atom. The van der Waals surface area contributed by atoms with Crippen molar-refractivity contribution in [1.29, 1.82) is 0 Å². The van der Waals surface area contributed by atoms with E-state index in [-0.39, 0.29) is 36.7 Å². The molecule has 1 atom stereocenters. The first-order valence-electron chi connectivity index (χ1n) is 9.19. The first-order chi connectivity index (χ1) is 13.0. The van der Waals surface area contributed by atoms with E-state index < -0.39 is 16.8 Å². The third-order valence-electron chi connectivity index (χ3n) is 5.24. The molecular formula is C19H27Cl2FN4O2S. The monoisotopic (exact) mass is 464 g/mol. The lowest BCUT2D eigenvalue weighted by Crippen LogP contribution is -2.48. The van der Waals surface area contributed by atoms with Crippen LogP contribution in [0.1, 0.15) is 19.3 Å². The third kappa shape index (κ3) is 4.44. The summed E-state index contributed by atoms with van der Waals surface area (Å²) in [5.74, 6) is -0.493. The topological polar surface area (TPSA) is 76.2 Å². The second kappa shape index (κ2) is 9.70. The van der Waals surface area contributed by atoms with Crippen LogP contribution in [0.4, 0.5) is 21.5 Å². The molecule has 0 amide bonds. The average molecular weight is 465 g/mol.